The molecule has 5 heteroatoms. The molecule has 4 nitrogen and oxygen atoms in total. The molecule has 0 atom stereocenters. The Kier molecular flexibility index (Phi) is 5.49. The van der Waals surface area contributed by atoms with Crippen molar-refractivity contribution in [3.63, 3.8) is 0 Å². The summed E-state index contributed by atoms with van der Waals surface area (Å²) in [4.78, 5) is 0. The van der Waals surface area contributed by atoms with Gasteiger partial charge in [-0.3, -0.25) is 9.11 Å². The molecule has 0 aliphatic carbocycles. The van der Waals surface area contributed by atoms with Gasteiger partial charge in [0.25, 0.3) is 11.4 Å². The highest BCUT2D eigenvalue weighted by molar-refractivity contribution is 7.73. The fraction of sp³-hybridized carbons (Fsp3) is 0.400. The lowest BCUT2D eigenvalue weighted by Crippen LogP contribution is -2.10. The van der Waals surface area contributed by atoms with E-state index < -0.39 is 11.4 Å². The fourth-order valence-corrected chi connectivity index (χ4v) is 1.11. The van der Waals surface area contributed by atoms with E-state index in [9.17, 15) is 5.11 Å². The molecule has 0 saturated carbocycles. The number of rotatable bonds is 0. The minimum Gasteiger partial charge on any atom is -0.508 e. The number of aromatic hydroxyl groups is 1. The van der Waals surface area contributed by atoms with Crippen LogP contribution in [0.1, 0.15) is 26.3 Å². The number of phenols is 1. The second-order valence-electron chi connectivity index (χ2n) is 4.00. The molecule has 0 unspecified atom stereocenters. The summed E-state index contributed by atoms with van der Waals surface area (Å²) in [5.41, 5.74) is 1.03. The van der Waals surface area contributed by atoms with Crippen LogP contribution in [-0.4, -0.2) is 18.4 Å². The number of hydrogen-bond acceptors (Lipinski definition) is 2. The van der Waals surface area contributed by atoms with Gasteiger partial charge in [0, 0.05) is 0 Å². The number of benzene rings is 1. The Balaban J connectivity index is 0.000000423. The Morgan fingerprint density at radius 2 is 1.53 bits per heavy atom. The Bertz CT molecular complexity index is 326. The summed E-state index contributed by atoms with van der Waals surface area (Å²) in [6.07, 6.45) is 0. The third-order valence-corrected chi connectivity index (χ3v) is 1.71. The van der Waals surface area contributed by atoms with Crippen LogP contribution in [0.2, 0.25) is 0 Å². The van der Waals surface area contributed by atoms with E-state index in [1.54, 1.807) is 6.07 Å². The summed E-state index contributed by atoms with van der Waals surface area (Å²) in [6.45, 7) is 6.26. The Morgan fingerprint density at radius 3 is 1.80 bits per heavy atom. The minimum absolute atomic E-state index is 0.0331. The second kappa shape index (κ2) is 5.85. The van der Waals surface area contributed by atoms with Gasteiger partial charge in [-0.25, -0.2) is 0 Å². The highest BCUT2D eigenvalue weighted by atomic mass is 32.2. The summed E-state index contributed by atoms with van der Waals surface area (Å²) in [6, 6.07) is 7.46. The van der Waals surface area contributed by atoms with Crippen molar-refractivity contribution in [2.45, 2.75) is 26.2 Å². The first-order valence-corrected chi connectivity index (χ1v) is 5.40. The second-order valence-corrected chi connectivity index (χ2v) is 4.46. The number of phenolic OH excluding ortho intramolecular Hbond substituents is 1. The van der Waals surface area contributed by atoms with Gasteiger partial charge in [0.2, 0.25) is 0 Å². The smallest absolute Gasteiger partial charge is 0.299 e. The van der Waals surface area contributed by atoms with Crippen LogP contribution in [0.25, 0.3) is 0 Å². The molecule has 0 amide bonds. The molecule has 0 saturated heterocycles. The molecule has 1 rings (SSSR count). The predicted molar refractivity (Wildman–Crippen MR) is 60.2 cm³/mol. The van der Waals surface area contributed by atoms with Gasteiger partial charge in [-0.2, -0.15) is 4.21 Å². The minimum atomic E-state index is -2.61. The number of para-hydroxylation sites is 1. The van der Waals surface area contributed by atoms with E-state index in [2.05, 4.69) is 20.8 Å². The summed E-state index contributed by atoms with van der Waals surface area (Å²) < 4.78 is 22.8. The molecule has 15 heavy (non-hydrogen) atoms. The van der Waals surface area contributed by atoms with Crippen molar-refractivity contribution in [3.8, 4) is 5.75 Å². The molecule has 0 radical (unpaired) electrons. The van der Waals surface area contributed by atoms with E-state index in [1.165, 1.54) is 0 Å². The van der Waals surface area contributed by atoms with E-state index in [-0.39, 0.29) is 5.41 Å². The van der Waals surface area contributed by atoms with Crippen LogP contribution in [0.15, 0.2) is 24.3 Å². The average Bonchev–Trinajstić information content (AvgIpc) is 2.01. The summed E-state index contributed by atoms with van der Waals surface area (Å²) in [7, 11) is 0. The predicted octanol–water partition coefficient (Wildman–Crippen LogP) is 2.37. The molecular weight excluding hydrogens is 216 g/mol. The van der Waals surface area contributed by atoms with Gasteiger partial charge in [-0.05, 0) is 17.0 Å². The van der Waals surface area contributed by atoms with Crippen LogP contribution in [0, 0.1) is 0 Å². The van der Waals surface area contributed by atoms with E-state index in [0.717, 1.165) is 5.56 Å². The zero-order valence-electron chi connectivity index (χ0n) is 8.97. The lowest BCUT2D eigenvalue weighted by atomic mass is 9.86. The van der Waals surface area contributed by atoms with Crippen LogP contribution in [-0.2, 0) is 16.8 Å². The van der Waals surface area contributed by atoms with Crippen molar-refractivity contribution in [3.05, 3.63) is 29.8 Å². The van der Waals surface area contributed by atoms with Crippen molar-refractivity contribution in [2.75, 3.05) is 0 Å². The monoisotopic (exact) mass is 232 g/mol. The Hall–Kier alpha value is -0.910. The van der Waals surface area contributed by atoms with Gasteiger partial charge in [0.1, 0.15) is 5.75 Å². The van der Waals surface area contributed by atoms with Crippen LogP contribution >= 0.6 is 0 Å². The molecule has 1 aromatic carbocycles. The van der Waals surface area contributed by atoms with Gasteiger partial charge in [0.15, 0.2) is 0 Å². The molecule has 86 valence electrons. The molecular formula is C10H16O4S. The quantitative estimate of drug-likeness (QED) is 0.600. The first kappa shape index (κ1) is 14.1. The molecule has 1 aromatic rings. The maximum absolute atomic E-state index is 9.45. The van der Waals surface area contributed by atoms with Gasteiger partial charge >= 0.3 is 0 Å². The van der Waals surface area contributed by atoms with Crippen LogP contribution in [0.5, 0.6) is 5.75 Å². The van der Waals surface area contributed by atoms with Gasteiger partial charge in [-0.1, -0.05) is 39.0 Å². The summed E-state index contributed by atoms with van der Waals surface area (Å²) >= 11 is -2.61. The highest BCUT2D eigenvalue weighted by Gasteiger charge is 2.16. The van der Waals surface area contributed by atoms with Crippen molar-refractivity contribution < 1.29 is 18.4 Å². The normalized spacial score (nSPS) is 10.8. The summed E-state index contributed by atoms with van der Waals surface area (Å²) in [5, 5.41) is 9.45. The average molecular weight is 232 g/mol. The zero-order chi connectivity index (χ0) is 12.1. The Labute approximate surface area is 92.1 Å². The maximum atomic E-state index is 9.45. The SMILES string of the molecule is CC(C)(C)c1ccccc1O.O=S(O)O. The molecule has 0 bridgehead atoms. The van der Waals surface area contributed by atoms with E-state index >= 15 is 0 Å². The molecule has 0 heterocycles. The zero-order valence-corrected chi connectivity index (χ0v) is 9.78. The molecule has 0 spiro atoms. The van der Waals surface area contributed by atoms with E-state index in [1.807, 2.05) is 18.2 Å². The summed E-state index contributed by atoms with van der Waals surface area (Å²) in [5.74, 6) is 0.389. The van der Waals surface area contributed by atoms with Crippen LogP contribution in [0.4, 0.5) is 0 Å². The maximum Gasteiger partial charge on any atom is 0.299 e. The first-order valence-electron chi connectivity index (χ1n) is 4.33. The highest BCUT2D eigenvalue weighted by Crippen LogP contribution is 2.29. The first-order chi connectivity index (χ1) is 6.75. The van der Waals surface area contributed by atoms with Gasteiger partial charge in [0.05, 0.1) is 0 Å². The van der Waals surface area contributed by atoms with E-state index in [0.29, 0.717) is 5.75 Å². The standard InChI is InChI=1S/C10H14O.H2O3S/c1-10(2,3)8-6-4-5-7-9(8)11;1-4(2)3/h4-7,11H,1-3H3;(H2,1,2,3). The lowest BCUT2D eigenvalue weighted by Gasteiger charge is -2.19. The van der Waals surface area contributed by atoms with Crippen molar-refractivity contribution in [1.82, 2.24) is 0 Å². The largest absolute Gasteiger partial charge is 0.508 e. The molecule has 0 aromatic heterocycles. The lowest BCUT2D eigenvalue weighted by molar-refractivity contribution is 0.446. The fourth-order valence-electron chi connectivity index (χ4n) is 1.11. The third kappa shape index (κ3) is 6.22. The topological polar surface area (TPSA) is 77.8 Å². The van der Waals surface area contributed by atoms with Crippen molar-refractivity contribution in [2.24, 2.45) is 0 Å². The van der Waals surface area contributed by atoms with E-state index in [4.69, 9.17) is 13.3 Å². The van der Waals surface area contributed by atoms with Crippen LogP contribution in [0.3, 0.4) is 0 Å². The molecule has 0 aliphatic heterocycles. The molecule has 0 fully saturated rings. The van der Waals surface area contributed by atoms with Gasteiger partial charge in [-0.15, -0.1) is 0 Å². The van der Waals surface area contributed by atoms with Crippen LogP contribution < -0.4 is 0 Å². The molecule has 3 N–H and O–H groups in total. The Morgan fingerprint density at radius 1 is 1.13 bits per heavy atom. The molecule has 0 aliphatic rings. The van der Waals surface area contributed by atoms with Crippen molar-refractivity contribution >= 4 is 11.4 Å². The number of hydrogen-bond donors (Lipinski definition) is 3. The van der Waals surface area contributed by atoms with Gasteiger partial charge < -0.3 is 5.11 Å². The van der Waals surface area contributed by atoms with Crippen molar-refractivity contribution in [1.29, 1.82) is 0 Å². The third-order valence-electron chi connectivity index (χ3n) is 1.71.